The molecule has 0 bridgehead atoms. The summed E-state index contributed by atoms with van der Waals surface area (Å²) in [5.74, 6) is 4.27. The molecule has 1 N–H and O–H groups in total. The van der Waals surface area contributed by atoms with Crippen molar-refractivity contribution in [1.29, 1.82) is 0 Å². The summed E-state index contributed by atoms with van der Waals surface area (Å²) in [7, 11) is 0. The van der Waals surface area contributed by atoms with Gasteiger partial charge in [-0.3, -0.25) is 0 Å². The number of aliphatic hydroxyl groups excluding tert-OH is 1. The van der Waals surface area contributed by atoms with E-state index in [0.29, 0.717) is 28.6 Å². The lowest BCUT2D eigenvalue weighted by molar-refractivity contribution is -0.0414. The van der Waals surface area contributed by atoms with Gasteiger partial charge in [0.2, 0.25) is 0 Å². The van der Waals surface area contributed by atoms with Crippen molar-refractivity contribution in [2.45, 2.75) is 98.5 Å². The molecule has 4 aliphatic carbocycles. The van der Waals surface area contributed by atoms with Gasteiger partial charge in [0, 0.05) is 0 Å². The second kappa shape index (κ2) is 8.27. The predicted molar refractivity (Wildman–Crippen MR) is 128 cm³/mol. The van der Waals surface area contributed by atoms with Gasteiger partial charge in [0.05, 0.1) is 6.10 Å². The van der Waals surface area contributed by atoms with E-state index in [0.717, 1.165) is 37.0 Å². The number of hydrogen-bond acceptors (Lipinski definition) is 1. The van der Waals surface area contributed by atoms with Crippen LogP contribution in [0.2, 0.25) is 0 Å². The van der Waals surface area contributed by atoms with Crippen LogP contribution in [-0.4, -0.2) is 11.2 Å². The second-order valence-electron chi connectivity index (χ2n) is 12.0. The molecule has 0 radical (unpaired) electrons. The fraction of sp³-hybridized carbons (Fsp3) is 0.793. The van der Waals surface area contributed by atoms with Crippen molar-refractivity contribution in [2.75, 3.05) is 0 Å². The SMILES string of the molecule is C=C(C)[C@@H](/C=C/[C@@H](C)C1CCC2C3=CC[C@H]4C[C@@H](O)CC[C@]4(C)C3CC[C@@]21C)CC. The predicted octanol–water partition coefficient (Wildman–Crippen LogP) is 7.72. The maximum atomic E-state index is 10.3. The van der Waals surface area contributed by atoms with E-state index >= 15 is 0 Å². The molecule has 0 saturated heterocycles. The Kier molecular flexibility index (Phi) is 6.17. The summed E-state index contributed by atoms with van der Waals surface area (Å²) < 4.78 is 0. The van der Waals surface area contributed by atoms with Gasteiger partial charge in [0.1, 0.15) is 0 Å². The quantitative estimate of drug-likeness (QED) is 0.460. The van der Waals surface area contributed by atoms with Gasteiger partial charge in [-0.2, -0.15) is 0 Å². The Labute approximate surface area is 186 Å². The largest absolute Gasteiger partial charge is 0.393 e. The summed E-state index contributed by atoms with van der Waals surface area (Å²) in [6, 6.07) is 0. The zero-order valence-electron chi connectivity index (χ0n) is 20.3. The molecule has 30 heavy (non-hydrogen) atoms. The minimum Gasteiger partial charge on any atom is -0.393 e. The van der Waals surface area contributed by atoms with Crippen LogP contribution in [0.5, 0.6) is 0 Å². The zero-order valence-corrected chi connectivity index (χ0v) is 20.3. The molecule has 0 heterocycles. The first-order chi connectivity index (χ1) is 14.2. The molecular formula is C29H46O. The van der Waals surface area contributed by atoms with Crippen LogP contribution in [-0.2, 0) is 0 Å². The van der Waals surface area contributed by atoms with E-state index in [4.69, 9.17) is 0 Å². The first-order valence-corrected chi connectivity index (χ1v) is 12.9. The summed E-state index contributed by atoms with van der Waals surface area (Å²) in [6.45, 7) is 16.3. The van der Waals surface area contributed by atoms with Crippen LogP contribution < -0.4 is 0 Å². The molecule has 3 fully saturated rings. The minimum atomic E-state index is -0.0541. The highest BCUT2D eigenvalue weighted by molar-refractivity contribution is 5.28. The van der Waals surface area contributed by atoms with Gasteiger partial charge < -0.3 is 5.11 Å². The van der Waals surface area contributed by atoms with Gasteiger partial charge in [0.15, 0.2) is 0 Å². The average Bonchev–Trinajstić information content (AvgIpc) is 3.06. The highest BCUT2D eigenvalue weighted by Crippen LogP contribution is 2.66. The molecule has 0 aromatic rings. The van der Waals surface area contributed by atoms with Gasteiger partial charge >= 0.3 is 0 Å². The van der Waals surface area contributed by atoms with Crippen molar-refractivity contribution in [2.24, 2.45) is 46.3 Å². The molecule has 9 atom stereocenters. The van der Waals surface area contributed by atoms with Crippen molar-refractivity contribution in [1.82, 2.24) is 0 Å². The molecule has 4 rings (SSSR count). The lowest BCUT2D eigenvalue weighted by Crippen LogP contribution is -2.49. The van der Waals surface area contributed by atoms with Crippen molar-refractivity contribution < 1.29 is 5.11 Å². The Morgan fingerprint density at radius 2 is 1.83 bits per heavy atom. The van der Waals surface area contributed by atoms with Crippen molar-refractivity contribution >= 4 is 0 Å². The molecular weight excluding hydrogens is 364 g/mol. The van der Waals surface area contributed by atoms with E-state index in [1.54, 1.807) is 0 Å². The third-order valence-corrected chi connectivity index (χ3v) is 10.5. The van der Waals surface area contributed by atoms with Gasteiger partial charge in [-0.25, -0.2) is 0 Å². The lowest BCUT2D eigenvalue weighted by atomic mass is 9.47. The fourth-order valence-corrected chi connectivity index (χ4v) is 8.49. The molecule has 0 aromatic carbocycles. The van der Waals surface area contributed by atoms with Crippen LogP contribution in [0.3, 0.4) is 0 Å². The van der Waals surface area contributed by atoms with Gasteiger partial charge in [0.25, 0.3) is 0 Å². The third kappa shape index (κ3) is 3.58. The van der Waals surface area contributed by atoms with E-state index in [1.807, 2.05) is 5.57 Å². The molecule has 1 nitrogen and oxygen atoms in total. The van der Waals surface area contributed by atoms with E-state index in [1.165, 1.54) is 44.1 Å². The number of allylic oxidation sites excluding steroid dienone is 5. The first kappa shape index (κ1) is 22.4. The number of aliphatic hydroxyl groups is 1. The fourth-order valence-electron chi connectivity index (χ4n) is 8.49. The Morgan fingerprint density at radius 1 is 1.13 bits per heavy atom. The van der Waals surface area contributed by atoms with E-state index in [-0.39, 0.29) is 6.10 Å². The summed E-state index contributed by atoms with van der Waals surface area (Å²) in [5, 5.41) is 10.3. The normalized spacial score (nSPS) is 45.3. The van der Waals surface area contributed by atoms with Crippen LogP contribution in [0.4, 0.5) is 0 Å². The summed E-state index contributed by atoms with van der Waals surface area (Å²) in [4.78, 5) is 0. The highest BCUT2D eigenvalue weighted by atomic mass is 16.3. The Morgan fingerprint density at radius 3 is 2.53 bits per heavy atom. The van der Waals surface area contributed by atoms with Crippen LogP contribution in [0.1, 0.15) is 92.4 Å². The zero-order chi connectivity index (χ0) is 21.7. The second-order valence-corrected chi connectivity index (χ2v) is 12.0. The summed E-state index contributed by atoms with van der Waals surface area (Å²) >= 11 is 0. The molecule has 0 aromatic heterocycles. The Hall–Kier alpha value is -0.820. The van der Waals surface area contributed by atoms with Crippen molar-refractivity contribution in [3.63, 3.8) is 0 Å². The minimum absolute atomic E-state index is 0.0541. The maximum Gasteiger partial charge on any atom is 0.0543 e. The molecule has 0 aliphatic heterocycles. The van der Waals surface area contributed by atoms with Crippen LogP contribution >= 0.6 is 0 Å². The Bertz CT molecular complexity index is 716. The molecule has 168 valence electrons. The molecule has 0 amide bonds. The maximum absolute atomic E-state index is 10.3. The van der Waals surface area contributed by atoms with Crippen LogP contribution in [0.15, 0.2) is 36.0 Å². The van der Waals surface area contributed by atoms with Crippen molar-refractivity contribution in [3.05, 3.63) is 36.0 Å². The number of hydrogen-bond donors (Lipinski definition) is 1. The van der Waals surface area contributed by atoms with E-state index in [2.05, 4.69) is 59.4 Å². The number of rotatable bonds is 5. The topological polar surface area (TPSA) is 20.2 Å². The van der Waals surface area contributed by atoms with Crippen LogP contribution in [0.25, 0.3) is 0 Å². The summed E-state index contributed by atoms with van der Waals surface area (Å²) in [5.41, 5.74) is 4.04. The molecule has 4 aliphatic rings. The standard InChI is InChI=1S/C29H46O/c1-7-21(19(2)3)9-8-20(4)25-12-13-26-24-11-10-22-18-23(30)14-16-28(22,5)27(24)15-17-29(25,26)6/h8-9,11,20-23,25-27,30H,2,7,10,12-18H2,1,3-6H3/b9-8+/t20-,21-,22+,23+,25?,26?,27?,28+,29-/m1/s1. The van der Waals surface area contributed by atoms with E-state index in [9.17, 15) is 5.11 Å². The van der Waals surface area contributed by atoms with Crippen LogP contribution in [0, 0.1) is 46.3 Å². The molecule has 0 spiro atoms. The summed E-state index contributed by atoms with van der Waals surface area (Å²) in [6.07, 6.45) is 18.8. The molecule has 3 unspecified atom stereocenters. The van der Waals surface area contributed by atoms with Gasteiger partial charge in [-0.1, -0.05) is 63.6 Å². The lowest BCUT2D eigenvalue weighted by Gasteiger charge is -2.57. The molecule has 1 heteroatoms. The van der Waals surface area contributed by atoms with Crippen molar-refractivity contribution in [3.8, 4) is 0 Å². The van der Waals surface area contributed by atoms with Gasteiger partial charge in [-0.05, 0) is 111 Å². The average molecular weight is 411 g/mol. The first-order valence-electron chi connectivity index (χ1n) is 12.9. The van der Waals surface area contributed by atoms with E-state index < -0.39 is 0 Å². The smallest absolute Gasteiger partial charge is 0.0543 e. The highest BCUT2D eigenvalue weighted by Gasteiger charge is 2.57. The monoisotopic (exact) mass is 410 g/mol. The number of fused-ring (bicyclic) bond motifs is 5. The molecule has 3 saturated carbocycles. The third-order valence-electron chi connectivity index (χ3n) is 10.5. The van der Waals surface area contributed by atoms with Gasteiger partial charge in [-0.15, -0.1) is 0 Å². The Balaban J connectivity index is 1.54.